The van der Waals surface area contributed by atoms with E-state index in [1.54, 1.807) is 10.9 Å². The van der Waals surface area contributed by atoms with Crippen LogP contribution < -0.4 is 5.32 Å². The van der Waals surface area contributed by atoms with Gasteiger partial charge in [-0.25, -0.2) is 4.98 Å². The summed E-state index contributed by atoms with van der Waals surface area (Å²) < 4.78 is 13.1. The van der Waals surface area contributed by atoms with Crippen LogP contribution in [0.15, 0.2) is 18.5 Å². The second-order valence-corrected chi connectivity index (χ2v) is 5.93. The molecule has 0 saturated carbocycles. The Kier molecular flexibility index (Phi) is 2.58. The van der Waals surface area contributed by atoms with Crippen LogP contribution >= 0.6 is 0 Å². The van der Waals surface area contributed by atoms with E-state index in [0.717, 1.165) is 34.6 Å². The number of nitrogens with one attached hydrogen (secondary N) is 1. The monoisotopic (exact) mass is 250 g/mol. The highest BCUT2D eigenvalue weighted by Gasteiger charge is 2.21. The zero-order valence-electron chi connectivity index (χ0n) is 9.59. The third kappa shape index (κ3) is 1.93. The Morgan fingerprint density at radius 1 is 1.59 bits per heavy atom. The molecule has 5 nitrogen and oxygen atoms in total. The largest absolute Gasteiger partial charge is 0.381 e. The molecule has 17 heavy (non-hydrogen) atoms. The molecule has 6 heteroatoms. The molecule has 2 unspecified atom stereocenters. The zero-order valence-corrected chi connectivity index (χ0v) is 10.4. The summed E-state index contributed by atoms with van der Waals surface area (Å²) in [4.78, 5) is 4.29. The molecular formula is C11H14N4OS. The van der Waals surface area contributed by atoms with Crippen LogP contribution in [0, 0.1) is 0 Å². The van der Waals surface area contributed by atoms with E-state index in [0.29, 0.717) is 6.04 Å². The second-order valence-electron chi connectivity index (χ2n) is 4.30. The molecule has 0 spiro atoms. The smallest absolute Gasteiger partial charge is 0.159 e. The number of fused-ring (bicyclic) bond motifs is 1. The highest BCUT2D eigenvalue weighted by molar-refractivity contribution is 7.85. The summed E-state index contributed by atoms with van der Waals surface area (Å²) in [6.45, 7) is 0. The highest BCUT2D eigenvalue weighted by Crippen LogP contribution is 2.23. The van der Waals surface area contributed by atoms with Crippen LogP contribution in [0.5, 0.6) is 0 Å². The Morgan fingerprint density at radius 2 is 2.47 bits per heavy atom. The Bertz CT molecular complexity index is 580. The van der Waals surface area contributed by atoms with E-state index < -0.39 is 10.8 Å². The van der Waals surface area contributed by atoms with Crippen molar-refractivity contribution in [3.05, 3.63) is 18.5 Å². The molecule has 2 aromatic rings. The molecule has 90 valence electrons. The van der Waals surface area contributed by atoms with Crippen molar-refractivity contribution in [1.29, 1.82) is 0 Å². The summed E-state index contributed by atoms with van der Waals surface area (Å²) in [5, 5.41) is 8.66. The fraction of sp³-hybridized carbons (Fsp3) is 0.455. The average Bonchev–Trinajstić information content (AvgIpc) is 2.88. The molecular weight excluding hydrogens is 236 g/mol. The first-order valence-electron chi connectivity index (χ1n) is 5.62. The number of pyridine rings is 1. The number of nitrogens with zero attached hydrogens (tertiary/aromatic N) is 3. The van der Waals surface area contributed by atoms with Crippen molar-refractivity contribution in [1.82, 2.24) is 14.8 Å². The first-order chi connectivity index (χ1) is 8.24. The van der Waals surface area contributed by atoms with Gasteiger partial charge in [-0.3, -0.25) is 8.89 Å². The molecule has 0 bridgehead atoms. The topological polar surface area (TPSA) is 59.8 Å². The summed E-state index contributed by atoms with van der Waals surface area (Å²) in [5.74, 6) is 1.54. The van der Waals surface area contributed by atoms with E-state index in [1.165, 1.54) is 0 Å². The lowest BCUT2D eigenvalue weighted by Crippen LogP contribution is -2.19. The number of anilines is 1. The number of hydrogen-bond donors (Lipinski definition) is 1. The van der Waals surface area contributed by atoms with Gasteiger partial charge in [-0.2, -0.15) is 5.10 Å². The van der Waals surface area contributed by atoms with Crippen molar-refractivity contribution in [2.45, 2.75) is 12.5 Å². The minimum Gasteiger partial charge on any atom is -0.381 e. The van der Waals surface area contributed by atoms with Gasteiger partial charge < -0.3 is 5.32 Å². The molecule has 3 rings (SSSR count). The molecule has 0 aromatic carbocycles. The lowest BCUT2D eigenvalue weighted by atomic mass is 10.2. The maximum Gasteiger partial charge on any atom is 0.159 e. The van der Waals surface area contributed by atoms with Crippen LogP contribution in [0.25, 0.3) is 11.0 Å². The second kappa shape index (κ2) is 4.10. The van der Waals surface area contributed by atoms with Crippen LogP contribution in [0.4, 0.5) is 5.69 Å². The first-order valence-corrected chi connectivity index (χ1v) is 7.11. The maximum absolute atomic E-state index is 11.4. The molecule has 0 amide bonds. The predicted octanol–water partition coefficient (Wildman–Crippen LogP) is 0.901. The van der Waals surface area contributed by atoms with E-state index in [4.69, 9.17) is 0 Å². The minimum absolute atomic E-state index is 0.307. The Labute approximate surface area is 102 Å². The summed E-state index contributed by atoms with van der Waals surface area (Å²) in [7, 11) is 1.22. The zero-order chi connectivity index (χ0) is 11.8. The number of aryl methyl sites for hydroxylation is 1. The van der Waals surface area contributed by atoms with Crippen molar-refractivity contribution in [2.24, 2.45) is 7.05 Å². The molecule has 0 radical (unpaired) electrons. The maximum atomic E-state index is 11.4. The van der Waals surface area contributed by atoms with Gasteiger partial charge >= 0.3 is 0 Å². The van der Waals surface area contributed by atoms with Crippen LogP contribution in [0.1, 0.15) is 6.42 Å². The standard InChI is InChI=1S/C11H14N4OS/c1-15-11-9(6-13-15)10(2-4-12-11)14-8-3-5-17(16)7-8/h2,4,6,8H,3,5,7H2,1H3,(H,12,14). The van der Waals surface area contributed by atoms with Gasteiger partial charge in [0.05, 0.1) is 11.6 Å². The van der Waals surface area contributed by atoms with Crippen LogP contribution in [0.2, 0.25) is 0 Å². The lowest BCUT2D eigenvalue weighted by molar-refractivity contribution is 0.687. The molecule has 1 fully saturated rings. The van der Waals surface area contributed by atoms with Crippen LogP contribution in [0.3, 0.4) is 0 Å². The molecule has 1 aliphatic heterocycles. The van der Waals surface area contributed by atoms with Gasteiger partial charge in [0.1, 0.15) is 0 Å². The molecule has 0 aliphatic carbocycles. The Balaban J connectivity index is 1.92. The van der Waals surface area contributed by atoms with Crippen LogP contribution in [-0.2, 0) is 17.8 Å². The first kappa shape index (κ1) is 10.7. The summed E-state index contributed by atoms with van der Waals surface area (Å²) in [6.07, 6.45) is 4.56. The van der Waals surface area contributed by atoms with Gasteiger partial charge in [0.25, 0.3) is 0 Å². The van der Waals surface area contributed by atoms with E-state index in [-0.39, 0.29) is 0 Å². The quantitative estimate of drug-likeness (QED) is 0.860. The fourth-order valence-corrected chi connectivity index (χ4v) is 3.58. The van der Waals surface area contributed by atoms with E-state index >= 15 is 0 Å². The SMILES string of the molecule is Cn1ncc2c(NC3CCS(=O)C3)ccnc21. The Hall–Kier alpha value is -1.43. The average molecular weight is 250 g/mol. The molecule has 1 aliphatic rings. The van der Waals surface area contributed by atoms with Gasteiger partial charge in [0, 0.05) is 47.3 Å². The van der Waals surface area contributed by atoms with Crippen molar-refractivity contribution in [3.8, 4) is 0 Å². The predicted molar refractivity (Wildman–Crippen MR) is 68.4 cm³/mol. The van der Waals surface area contributed by atoms with Gasteiger partial charge in [0.2, 0.25) is 0 Å². The van der Waals surface area contributed by atoms with Crippen molar-refractivity contribution in [3.63, 3.8) is 0 Å². The summed E-state index contributed by atoms with van der Waals surface area (Å²) in [6, 6.07) is 2.26. The van der Waals surface area contributed by atoms with E-state index in [1.807, 2.05) is 19.3 Å². The normalized spacial score (nSPS) is 24.3. The molecule has 2 aromatic heterocycles. The molecule has 3 heterocycles. The summed E-state index contributed by atoms with van der Waals surface area (Å²) in [5.41, 5.74) is 1.90. The van der Waals surface area contributed by atoms with Crippen molar-refractivity contribution in [2.75, 3.05) is 16.8 Å². The van der Waals surface area contributed by atoms with Gasteiger partial charge in [0.15, 0.2) is 5.65 Å². The number of hydrogen-bond acceptors (Lipinski definition) is 4. The highest BCUT2D eigenvalue weighted by atomic mass is 32.2. The number of rotatable bonds is 2. The van der Waals surface area contributed by atoms with Crippen molar-refractivity contribution >= 4 is 27.5 Å². The van der Waals surface area contributed by atoms with Crippen molar-refractivity contribution < 1.29 is 4.21 Å². The molecule has 2 atom stereocenters. The minimum atomic E-state index is -0.654. The van der Waals surface area contributed by atoms with Crippen LogP contribution in [-0.4, -0.2) is 36.5 Å². The fourth-order valence-electron chi connectivity index (χ4n) is 2.17. The third-order valence-corrected chi connectivity index (χ3v) is 4.54. The lowest BCUT2D eigenvalue weighted by Gasteiger charge is -2.12. The van der Waals surface area contributed by atoms with E-state index in [2.05, 4.69) is 15.4 Å². The van der Waals surface area contributed by atoms with E-state index in [9.17, 15) is 4.21 Å². The summed E-state index contributed by atoms with van der Waals surface area (Å²) >= 11 is 0. The third-order valence-electron chi connectivity index (χ3n) is 3.08. The number of aromatic nitrogens is 3. The van der Waals surface area contributed by atoms with Gasteiger partial charge in [-0.05, 0) is 12.5 Å². The Morgan fingerprint density at radius 3 is 3.24 bits per heavy atom. The molecule has 1 N–H and O–H groups in total. The van der Waals surface area contributed by atoms with Gasteiger partial charge in [-0.15, -0.1) is 0 Å². The molecule has 1 saturated heterocycles. The van der Waals surface area contributed by atoms with Gasteiger partial charge in [-0.1, -0.05) is 0 Å².